The number of Topliss-reactive ketones (excluding diaryl/α,β-unsaturated/α-hetero) is 1. The van der Waals surface area contributed by atoms with Gasteiger partial charge in [0.2, 0.25) is 5.91 Å². The Bertz CT molecular complexity index is 1210. The molecule has 3 amide bonds. The molecule has 2 atom stereocenters. The fourth-order valence-electron chi connectivity index (χ4n) is 4.13. The Morgan fingerprint density at radius 2 is 1.41 bits per heavy atom. The molecule has 0 fully saturated rings. The lowest BCUT2D eigenvalue weighted by molar-refractivity contribution is -0.158. The standard InChI is InChI=1S/C30H36N2O7/c1-18(2)24(16-26(34)39-30(4,5)6)27(35)31-19(3)25(33)15-20-11-13-21(14-12-20)17-38-32-28(36)22-9-7-8-10-23(22)29(32)37/h7-14,18-19,24H,15-17H2,1-6H3,(H,31,35)/t19-,24?/m1/s1. The van der Waals surface area contributed by atoms with Crippen LogP contribution in [0.1, 0.15) is 79.8 Å². The molecule has 3 rings (SSSR count). The molecule has 9 nitrogen and oxygen atoms in total. The van der Waals surface area contributed by atoms with Gasteiger partial charge in [0.1, 0.15) is 12.2 Å². The van der Waals surface area contributed by atoms with E-state index in [4.69, 9.17) is 9.57 Å². The Hall–Kier alpha value is -3.85. The Morgan fingerprint density at radius 1 is 0.872 bits per heavy atom. The summed E-state index contributed by atoms with van der Waals surface area (Å²) in [4.78, 5) is 68.2. The highest BCUT2D eigenvalue weighted by Gasteiger charge is 2.36. The maximum atomic E-state index is 12.9. The van der Waals surface area contributed by atoms with Crippen LogP contribution in [0.15, 0.2) is 48.5 Å². The first-order valence-corrected chi connectivity index (χ1v) is 13.0. The van der Waals surface area contributed by atoms with Crippen molar-refractivity contribution in [3.8, 4) is 0 Å². The molecule has 0 aromatic heterocycles. The van der Waals surface area contributed by atoms with Crippen LogP contribution in [0.25, 0.3) is 0 Å². The predicted molar refractivity (Wildman–Crippen MR) is 143 cm³/mol. The number of hydroxylamine groups is 2. The molecule has 1 aliphatic heterocycles. The number of carbonyl (C=O) groups excluding carboxylic acids is 5. The zero-order chi connectivity index (χ0) is 28.9. The third kappa shape index (κ3) is 7.83. The van der Waals surface area contributed by atoms with Crippen molar-refractivity contribution in [3.05, 3.63) is 70.8 Å². The fourth-order valence-corrected chi connectivity index (χ4v) is 4.13. The molecule has 1 aliphatic rings. The zero-order valence-electron chi connectivity index (χ0n) is 23.3. The molecule has 0 spiro atoms. The van der Waals surface area contributed by atoms with Gasteiger partial charge in [-0.15, -0.1) is 5.06 Å². The molecule has 0 saturated heterocycles. The van der Waals surface area contributed by atoms with Gasteiger partial charge in [-0.3, -0.25) is 28.8 Å². The van der Waals surface area contributed by atoms with Gasteiger partial charge in [0.05, 0.1) is 29.5 Å². The Labute approximate surface area is 228 Å². The number of hydrogen-bond donors (Lipinski definition) is 1. The van der Waals surface area contributed by atoms with Crippen LogP contribution in [0.2, 0.25) is 0 Å². The smallest absolute Gasteiger partial charge is 0.307 e. The van der Waals surface area contributed by atoms with Crippen LogP contribution in [-0.2, 0) is 37.0 Å². The number of benzene rings is 2. The van der Waals surface area contributed by atoms with Crippen molar-refractivity contribution in [3.63, 3.8) is 0 Å². The van der Waals surface area contributed by atoms with E-state index >= 15 is 0 Å². The van der Waals surface area contributed by atoms with E-state index < -0.39 is 35.3 Å². The maximum Gasteiger partial charge on any atom is 0.307 e. The van der Waals surface area contributed by atoms with Crippen LogP contribution in [-0.4, -0.2) is 46.2 Å². The lowest BCUT2D eigenvalue weighted by Gasteiger charge is -2.25. The third-order valence-corrected chi connectivity index (χ3v) is 6.31. The number of ketones is 1. The number of carbonyl (C=O) groups is 5. The van der Waals surface area contributed by atoms with E-state index in [9.17, 15) is 24.0 Å². The number of rotatable bonds is 11. The van der Waals surface area contributed by atoms with Gasteiger partial charge in [-0.25, -0.2) is 0 Å². The summed E-state index contributed by atoms with van der Waals surface area (Å²) in [6, 6.07) is 12.8. The normalized spacial score (nSPS) is 14.7. The lowest BCUT2D eigenvalue weighted by Crippen LogP contribution is -2.44. The van der Waals surface area contributed by atoms with E-state index in [1.54, 1.807) is 76.2 Å². The Morgan fingerprint density at radius 3 is 1.92 bits per heavy atom. The molecule has 9 heteroatoms. The van der Waals surface area contributed by atoms with Gasteiger partial charge in [0, 0.05) is 6.42 Å². The molecule has 39 heavy (non-hydrogen) atoms. The van der Waals surface area contributed by atoms with Crippen molar-refractivity contribution < 1.29 is 33.5 Å². The first-order chi connectivity index (χ1) is 18.3. The molecule has 2 aromatic carbocycles. The highest BCUT2D eigenvalue weighted by Crippen LogP contribution is 2.23. The molecule has 2 aromatic rings. The van der Waals surface area contributed by atoms with E-state index in [2.05, 4.69) is 5.32 Å². The fraction of sp³-hybridized carbons (Fsp3) is 0.433. The van der Waals surface area contributed by atoms with Crippen LogP contribution < -0.4 is 5.32 Å². The maximum absolute atomic E-state index is 12.9. The number of fused-ring (bicyclic) bond motifs is 1. The summed E-state index contributed by atoms with van der Waals surface area (Å²) in [5, 5.41) is 3.51. The molecule has 0 bridgehead atoms. The Kier molecular flexibility index (Phi) is 9.40. The topological polar surface area (TPSA) is 119 Å². The zero-order valence-corrected chi connectivity index (χ0v) is 23.3. The van der Waals surface area contributed by atoms with E-state index in [0.29, 0.717) is 16.7 Å². The molecular formula is C30H36N2O7. The summed E-state index contributed by atoms with van der Waals surface area (Å²) in [5.74, 6) is -2.73. The molecule has 0 aliphatic carbocycles. The van der Waals surface area contributed by atoms with E-state index in [1.165, 1.54) is 0 Å². The van der Waals surface area contributed by atoms with Crippen LogP contribution >= 0.6 is 0 Å². The van der Waals surface area contributed by atoms with Gasteiger partial charge in [0.25, 0.3) is 11.8 Å². The van der Waals surface area contributed by atoms with Gasteiger partial charge in [-0.05, 0) is 56.9 Å². The molecular weight excluding hydrogens is 500 g/mol. The van der Waals surface area contributed by atoms with Crippen LogP contribution in [0.3, 0.4) is 0 Å². The van der Waals surface area contributed by atoms with Crippen LogP contribution in [0, 0.1) is 11.8 Å². The molecule has 1 N–H and O–H groups in total. The summed E-state index contributed by atoms with van der Waals surface area (Å²) in [6.45, 7) is 10.6. The van der Waals surface area contributed by atoms with E-state index in [0.717, 1.165) is 10.6 Å². The monoisotopic (exact) mass is 536 g/mol. The highest BCUT2D eigenvalue weighted by molar-refractivity contribution is 6.20. The summed E-state index contributed by atoms with van der Waals surface area (Å²) in [5.41, 5.74) is 1.42. The predicted octanol–water partition coefficient (Wildman–Crippen LogP) is 4.03. The second-order valence-electron chi connectivity index (χ2n) is 11.1. The van der Waals surface area contributed by atoms with Crippen LogP contribution in [0.5, 0.6) is 0 Å². The number of hydrogen-bond acceptors (Lipinski definition) is 7. The first kappa shape index (κ1) is 29.7. The average Bonchev–Trinajstić information content (AvgIpc) is 3.10. The minimum atomic E-state index is -0.741. The van der Waals surface area contributed by atoms with Crippen molar-refractivity contribution in [2.24, 2.45) is 11.8 Å². The molecule has 208 valence electrons. The highest BCUT2D eigenvalue weighted by atomic mass is 16.7. The summed E-state index contributed by atoms with van der Waals surface area (Å²) >= 11 is 0. The minimum Gasteiger partial charge on any atom is -0.460 e. The van der Waals surface area contributed by atoms with Crippen molar-refractivity contribution in [1.29, 1.82) is 0 Å². The quantitative estimate of drug-likeness (QED) is 0.340. The Balaban J connectivity index is 1.51. The number of nitrogens with zero attached hydrogens (tertiary/aromatic N) is 1. The summed E-state index contributed by atoms with van der Waals surface area (Å²) in [6.07, 6.45) is 0.0331. The van der Waals surface area contributed by atoms with Gasteiger partial charge < -0.3 is 10.1 Å². The SMILES string of the molecule is CC(C)C(CC(=O)OC(C)(C)C)C(=O)N[C@H](C)C(=O)Cc1ccc(CON2C(=O)c3ccccc3C2=O)cc1. The van der Waals surface area contributed by atoms with Gasteiger partial charge >= 0.3 is 5.97 Å². The second-order valence-corrected chi connectivity index (χ2v) is 11.1. The molecule has 1 heterocycles. The number of amides is 3. The largest absolute Gasteiger partial charge is 0.460 e. The van der Waals surface area contributed by atoms with Gasteiger partial charge in [-0.2, -0.15) is 0 Å². The second kappa shape index (κ2) is 12.3. The van der Waals surface area contributed by atoms with E-state index in [1.807, 2.05) is 13.8 Å². The molecule has 0 radical (unpaired) electrons. The molecule has 0 saturated carbocycles. The number of nitrogens with one attached hydrogen (secondary N) is 1. The van der Waals surface area contributed by atoms with E-state index in [-0.39, 0.29) is 37.1 Å². The lowest BCUT2D eigenvalue weighted by atomic mass is 9.91. The average molecular weight is 537 g/mol. The summed E-state index contributed by atoms with van der Waals surface area (Å²) in [7, 11) is 0. The van der Waals surface area contributed by atoms with Crippen LogP contribution in [0.4, 0.5) is 0 Å². The molecule has 1 unspecified atom stereocenters. The van der Waals surface area contributed by atoms with Crippen molar-refractivity contribution >= 4 is 29.5 Å². The minimum absolute atomic E-state index is 0.000391. The number of imide groups is 1. The van der Waals surface area contributed by atoms with Gasteiger partial charge in [-0.1, -0.05) is 50.2 Å². The third-order valence-electron chi connectivity index (χ3n) is 6.31. The number of esters is 1. The number of ether oxygens (including phenoxy) is 1. The van der Waals surface area contributed by atoms with Gasteiger partial charge in [0.15, 0.2) is 5.78 Å². The van der Waals surface area contributed by atoms with Crippen molar-refractivity contribution in [2.45, 2.75) is 72.6 Å². The first-order valence-electron chi connectivity index (χ1n) is 13.0. The van der Waals surface area contributed by atoms with Crippen molar-refractivity contribution in [1.82, 2.24) is 10.4 Å². The summed E-state index contributed by atoms with van der Waals surface area (Å²) < 4.78 is 5.35. The van der Waals surface area contributed by atoms with Crippen molar-refractivity contribution in [2.75, 3.05) is 0 Å².